The third kappa shape index (κ3) is 3.57. The molecule has 0 saturated carbocycles. The van der Waals surface area contributed by atoms with Crippen LogP contribution < -0.4 is 10.6 Å². The molecular formula is C18H19Cl2N5. The van der Waals surface area contributed by atoms with E-state index in [2.05, 4.69) is 27.9 Å². The maximum Gasteiger partial charge on any atom is 0.167 e. The molecule has 1 aliphatic heterocycles. The lowest BCUT2D eigenvalue weighted by Gasteiger charge is -2.39. The van der Waals surface area contributed by atoms with Gasteiger partial charge in [0.2, 0.25) is 0 Å². The summed E-state index contributed by atoms with van der Waals surface area (Å²) < 4.78 is 0. The highest BCUT2D eigenvalue weighted by Gasteiger charge is 2.29. The number of halogens is 2. The van der Waals surface area contributed by atoms with Gasteiger partial charge in [0.15, 0.2) is 5.69 Å². The van der Waals surface area contributed by atoms with Crippen molar-refractivity contribution in [1.82, 2.24) is 9.97 Å². The first-order chi connectivity index (χ1) is 12.0. The molecule has 2 aromatic rings. The van der Waals surface area contributed by atoms with Crippen molar-refractivity contribution < 1.29 is 0 Å². The van der Waals surface area contributed by atoms with Gasteiger partial charge in [-0.25, -0.2) is 9.97 Å². The van der Waals surface area contributed by atoms with E-state index in [0.29, 0.717) is 27.8 Å². The molecule has 5 nitrogen and oxygen atoms in total. The molecule has 0 aliphatic carbocycles. The highest BCUT2D eigenvalue weighted by Crippen LogP contribution is 2.35. The fourth-order valence-electron chi connectivity index (χ4n) is 2.97. The molecule has 25 heavy (non-hydrogen) atoms. The predicted octanol–water partition coefficient (Wildman–Crippen LogP) is 3.89. The number of nitrogens with two attached hydrogens (primary N) is 1. The Morgan fingerprint density at radius 3 is 2.68 bits per heavy atom. The number of hydrogen-bond donors (Lipinski definition) is 1. The van der Waals surface area contributed by atoms with Crippen LogP contribution in [0.1, 0.15) is 25.5 Å². The molecule has 0 amide bonds. The average Bonchev–Trinajstić information content (AvgIpc) is 2.64. The van der Waals surface area contributed by atoms with Crippen LogP contribution in [0.5, 0.6) is 0 Å². The van der Waals surface area contributed by atoms with Gasteiger partial charge in [-0.05, 0) is 30.9 Å². The van der Waals surface area contributed by atoms with Crippen LogP contribution >= 0.6 is 23.2 Å². The zero-order chi connectivity index (χ0) is 18.0. The van der Waals surface area contributed by atoms with E-state index in [1.165, 1.54) is 0 Å². The van der Waals surface area contributed by atoms with Crippen LogP contribution in [0.2, 0.25) is 10.0 Å². The summed E-state index contributed by atoms with van der Waals surface area (Å²) in [4.78, 5) is 11.1. The smallest absolute Gasteiger partial charge is 0.167 e. The Morgan fingerprint density at radius 2 is 2.04 bits per heavy atom. The van der Waals surface area contributed by atoms with Gasteiger partial charge in [0, 0.05) is 18.7 Å². The molecule has 2 N–H and O–H groups in total. The summed E-state index contributed by atoms with van der Waals surface area (Å²) in [5.74, 6) is 0.740. The fraction of sp³-hybridized carbons (Fsp3) is 0.389. The number of aromatic nitrogens is 2. The molecule has 0 atom stereocenters. The van der Waals surface area contributed by atoms with Crippen molar-refractivity contribution in [3.05, 3.63) is 40.1 Å². The Bertz CT molecular complexity index is 823. The molecule has 1 fully saturated rings. The standard InChI is InChI=1S/C18H19Cl2N5/c1-18(11-22)5-7-25(8-6-18)15-10-23-14(9-21)17(24-15)12-3-2-4-13(19)16(12)20/h2-4,10H,5-8,11,22H2,1H3. The van der Waals surface area contributed by atoms with E-state index in [4.69, 9.17) is 28.9 Å². The highest BCUT2D eigenvalue weighted by molar-refractivity contribution is 6.43. The van der Waals surface area contributed by atoms with Crippen molar-refractivity contribution in [2.24, 2.45) is 11.1 Å². The molecule has 0 radical (unpaired) electrons. The van der Waals surface area contributed by atoms with Gasteiger partial charge < -0.3 is 10.6 Å². The van der Waals surface area contributed by atoms with E-state index in [1.807, 2.05) is 0 Å². The molecule has 1 aromatic carbocycles. The SMILES string of the molecule is CC1(CN)CCN(c2cnc(C#N)c(-c3cccc(Cl)c3Cl)n2)CC1. The maximum absolute atomic E-state index is 9.39. The van der Waals surface area contributed by atoms with Crippen molar-refractivity contribution in [2.75, 3.05) is 24.5 Å². The minimum atomic E-state index is 0.176. The van der Waals surface area contributed by atoms with Crippen LogP contribution in [0.4, 0.5) is 5.82 Å². The van der Waals surface area contributed by atoms with Crippen molar-refractivity contribution >= 4 is 29.0 Å². The lowest BCUT2D eigenvalue weighted by molar-refractivity contribution is 0.258. The Labute approximate surface area is 157 Å². The summed E-state index contributed by atoms with van der Waals surface area (Å²) in [5, 5.41) is 10.2. The van der Waals surface area contributed by atoms with Crippen LogP contribution in [0.25, 0.3) is 11.3 Å². The molecule has 0 unspecified atom stereocenters. The minimum absolute atomic E-state index is 0.176. The molecule has 0 spiro atoms. The van der Waals surface area contributed by atoms with Crippen LogP contribution in [-0.2, 0) is 0 Å². The van der Waals surface area contributed by atoms with Gasteiger partial charge in [0.05, 0.1) is 16.2 Å². The topological polar surface area (TPSA) is 78.8 Å². The van der Waals surface area contributed by atoms with E-state index in [0.717, 1.165) is 31.7 Å². The second kappa shape index (κ2) is 7.17. The van der Waals surface area contributed by atoms with Crippen LogP contribution in [-0.4, -0.2) is 29.6 Å². The number of nitriles is 1. The Balaban J connectivity index is 1.97. The molecule has 1 saturated heterocycles. The van der Waals surface area contributed by atoms with Gasteiger partial charge in [0.1, 0.15) is 17.6 Å². The van der Waals surface area contributed by atoms with Gasteiger partial charge in [-0.1, -0.05) is 42.3 Å². The molecule has 7 heteroatoms. The monoisotopic (exact) mass is 375 g/mol. The molecule has 3 rings (SSSR count). The number of nitrogens with zero attached hydrogens (tertiary/aromatic N) is 4. The Morgan fingerprint density at radius 1 is 1.32 bits per heavy atom. The zero-order valence-corrected chi connectivity index (χ0v) is 15.5. The fourth-order valence-corrected chi connectivity index (χ4v) is 3.36. The highest BCUT2D eigenvalue weighted by atomic mass is 35.5. The molecule has 1 aliphatic rings. The van der Waals surface area contributed by atoms with Gasteiger partial charge in [-0.15, -0.1) is 0 Å². The maximum atomic E-state index is 9.39. The van der Waals surface area contributed by atoms with E-state index in [9.17, 15) is 5.26 Å². The van der Waals surface area contributed by atoms with Crippen molar-refractivity contribution in [3.8, 4) is 17.3 Å². The number of hydrogen-bond acceptors (Lipinski definition) is 5. The lowest BCUT2D eigenvalue weighted by atomic mass is 9.80. The van der Waals surface area contributed by atoms with E-state index >= 15 is 0 Å². The summed E-state index contributed by atoms with van der Waals surface area (Å²) in [6.45, 7) is 4.61. The van der Waals surface area contributed by atoms with E-state index < -0.39 is 0 Å². The van der Waals surface area contributed by atoms with E-state index in [1.54, 1.807) is 24.4 Å². The number of piperidine rings is 1. The molecule has 1 aromatic heterocycles. The quantitative estimate of drug-likeness (QED) is 0.879. The van der Waals surface area contributed by atoms with Crippen LogP contribution in [0, 0.1) is 16.7 Å². The van der Waals surface area contributed by atoms with Crippen molar-refractivity contribution in [2.45, 2.75) is 19.8 Å². The molecule has 0 bridgehead atoms. The van der Waals surface area contributed by atoms with Crippen LogP contribution in [0.15, 0.2) is 24.4 Å². The third-order valence-electron chi connectivity index (χ3n) is 4.86. The third-order valence-corrected chi connectivity index (χ3v) is 5.68. The first-order valence-electron chi connectivity index (χ1n) is 8.14. The van der Waals surface area contributed by atoms with Crippen molar-refractivity contribution in [1.29, 1.82) is 5.26 Å². The average molecular weight is 376 g/mol. The number of anilines is 1. The predicted molar refractivity (Wildman–Crippen MR) is 101 cm³/mol. The Kier molecular flexibility index (Phi) is 5.14. The van der Waals surface area contributed by atoms with Gasteiger partial charge in [0.25, 0.3) is 0 Å². The number of benzene rings is 1. The Hall–Kier alpha value is -1.87. The van der Waals surface area contributed by atoms with Gasteiger partial charge in [-0.3, -0.25) is 0 Å². The number of rotatable bonds is 3. The summed E-state index contributed by atoms with van der Waals surface area (Å²) in [6.07, 6.45) is 3.64. The molecule has 2 heterocycles. The van der Waals surface area contributed by atoms with Gasteiger partial charge in [-0.2, -0.15) is 5.26 Å². The second-order valence-corrected chi connectivity index (χ2v) is 7.43. The summed E-state index contributed by atoms with van der Waals surface area (Å²) >= 11 is 12.4. The van der Waals surface area contributed by atoms with Crippen molar-refractivity contribution in [3.63, 3.8) is 0 Å². The van der Waals surface area contributed by atoms with Gasteiger partial charge >= 0.3 is 0 Å². The largest absolute Gasteiger partial charge is 0.355 e. The summed E-state index contributed by atoms with van der Waals surface area (Å²) in [7, 11) is 0. The summed E-state index contributed by atoms with van der Waals surface area (Å²) in [5.41, 5.74) is 7.36. The second-order valence-electron chi connectivity index (χ2n) is 6.64. The van der Waals surface area contributed by atoms with Crippen LogP contribution in [0.3, 0.4) is 0 Å². The summed E-state index contributed by atoms with van der Waals surface area (Å²) in [6, 6.07) is 7.37. The molecular weight excluding hydrogens is 357 g/mol. The lowest BCUT2D eigenvalue weighted by Crippen LogP contribution is -2.42. The van der Waals surface area contributed by atoms with E-state index in [-0.39, 0.29) is 11.1 Å². The molecule has 130 valence electrons. The normalized spacial score (nSPS) is 16.5. The first kappa shape index (κ1) is 17.9. The minimum Gasteiger partial charge on any atom is -0.355 e. The first-order valence-corrected chi connectivity index (χ1v) is 8.89. The zero-order valence-electron chi connectivity index (χ0n) is 14.0.